The number of ether oxygens (including phenoxy) is 1. The second kappa shape index (κ2) is 5.37. The SMILES string of the molecule is CO[C@H]1CNCC1NC(=O)c1cc([N+](=O)[O-])cn1C. The monoisotopic (exact) mass is 268 g/mol. The van der Waals surface area contributed by atoms with E-state index in [0.29, 0.717) is 13.1 Å². The lowest BCUT2D eigenvalue weighted by molar-refractivity contribution is -0.384. The lowest BCUT2D eigenvalue weighted by atomic mass is 10.2. The summed E-state index contributed by atoms with van der Waals surface area (Å²) < 4.78 is 6.68. The van der Waals surface area contributed by atoms with Crippen molar-refractivity contribution in [2.24, 2.45) is 7.05 Å². The third-order valence-electron chi connectivity index (χ3n) is 3.21. The molecule has 1 aliphatic heterocycles. The molecule has 0 aliphatic carbocycles. The summed E-state index contributed by atoms with van der Waals surface area (Å²) >= 11 is 0. The van der Waals surface area contributed by atoms with Crippen LogP contribution in [0, 0.1) is 10.1 Å². The van der Waals surface area contributed by atoms with Gasteiger partial charge in [0.05, 0.1) is 23.3 Å². The molecule has 0 spiro atoms. The van der Waals surface area contributed by atoms with E-state index >= 15 is 0 Å². The molecular weight excluding hydrogens is 252 g/mol. The summed E-state index contributed by atoms with van der Waals surface area (Å²) in [5.74, 6) is -0.341. The molecule has 1 aromatic rings. The molecule has 1 amide bonds. The predicted octanol–water partition coefficient (Wildman–Crippen LogP) is -0.350. The number of carbonyl (C=O) groups excluding carboxylic acids is 1. The third kappa shape index (κ3) is 2.74. The number of nitro groups is 1. The fourth-order valence-corrected chi connectivity index (χ4v) is 2.16. The molecule has 19 heavy (non-hydrogen) atoms. The van der Waals surface area contributed by atoms with E-state index in [0.717, 1.165) is 0 Å². The molecule has 1 aliphatic rings. The number of amides is 1. The first-order chi connectivity index (χ1) is 9.02. The van der Waals surface area contributed by atoms with Crippen LogP contribution in [0.3, 0.4) is 0 Å². The van der Waals surface area contributed by atoms with Crippen molar-refractivity contribution in [3.8, 4) is 0 Å². The molecule has 2 heterocycles. The first-order valence-corrected chi connectivity index (χ1v) is 5.88. The number of hydrogen-bond donors (Lipinski definition) is 2. The molecule has 2 rings (SSSR count). The Hall–Kier alpha value is -1.93. The molecule has 1 aromatic heterocycles. The van der Waals surface area contributed by atoms with Crippen molar-refractivity contribution < 1.29 is 14.5 Å². The van der Waals surface area contributed by atoms with Gasteiger partial charge in [-0.05, 0) is 0 Å². The topological polar surface area (TPSA) is 98.4 Å². The van der Waals surface area contributed by atoms with Crippen LogP contribution >= 0.6 is 0 Å². The molecular formula is C11H16N4O4. The highest BCUT2D eigenvalue weighted by atomic mass is 16.6. The van der Waals surface area contributed by atoms with Gasteiger partial charge in [0, 0.05) is 33.3 Å². The maximum absolute atomic E-state index is 12.1. The van der Waals surface area contributed by atoms with Crippen molar-refractivity contribution in [1.82, 2.24) is 15.2 Å². The molecule has 104 valence electrons. The zero-order valence-electron chi connectivity index (χ0n) is 10.8. The largest absolute Gasteiger partial charge is 0.378 e. The van der Waals surface area contributed by atoms with E-state index in [9.17, 15) is 14.9 Å². The second-order valence-electron chi connectivity index (χ2n) is 4.46. The number of nitrogens with zero attached hydrogens (tertiary/aromatic N) is 2. The van der Waals surface area contributed by atoms with E-state index < -0.39 is 4.92 Å². The lowest BCUT2D eigenvalue weighted by Crippen LogP contribution is -2.44. The average molecular weight is 268 g/mol. The molecule has 0 saturated carbocycles. The van der Waals surface area contributed by atoms with Crippen molar-refractivity contribution in [3.63, 3.8) is 0 Å². The third-order valence-corrected chi connectivity index (χ3v) is 3.21. The average Bonchev–Trinajstić information content (AvgIpc) is 2.95. The van der Waals surface area contributed by atoms with Crippen molar-refractivity contribution in [2.75, 3.05) is 20.2 Å². The maximum atomic E-state index is 12.1. The molecule has 1 saturated heterocycles. The Labute approximate surface area is 109 Å². The summed E-state index contributed by atoms with van der Waals surface area (Å²) in [7, 11) is 3.19. The summed E-state index contributed by atoms with van der Waals surface area (Å²) in [5.41, 5.74) is 0.161. The first-order valence-electron chi connectivity index (χ1n) is 5.88. The summed E-state index contributed by atoms with van der Waals surface area (Å²) in [6.45, 7) is 1.30. The Morgan fingerprint density at radius 3 is 2.95 bits per heavy atom. The van der Waals surface area contributed by atoms with Gasteiger partial charge in [-0.1, -0.05) is 0 Å². The van der Waals surface area contributed by atoms with Crippen LogP contribution in [0.2, 0.25) is 0 Å². The number of aryl methyl sites for hydroxylation is 1. The Morgan fingerprint density at radius 1 is 1.63 bits per heavy atom. The Balaban J connectivity index is 2.09. The predicted molar refractivity (Wildman–Crippen MR) is 67.0 cm³/mol. The minimum atomic E-state index is -0.522. The van der Waals surface area contributed by atoms with Gasteiger partial charge in [0.15, 0.2) is 0 Å². The van der Waals surface area contributed by atoms with E-state index in [1.165, 1.54) is 16.8 Å². The number of carbonyl (C=O) groups is 1. The summed E-state index contributed by atoms with van der Waals surface area (Å²) in [6, 6.07) is 1.13. The lowest BCUT2D eigenvalue weighted by Gasteiger charge is -2.18. The quantitative estimate of drug-likeness (QED) is 0.574. The van der Waals surface area contributed by atoms with Gasteiger partial charge >= 0.3 is 0 Å². The van der Waals surface area contributed by atoms with Gasteiger partial charge in [-0.15, -0.1) is 0 Å². The van der Waals surface area contributed by atoms with E-state index in [-0.39, 0.29) is 29.4 Å². The van der Waals surface area contributed by atoms with Gasteiger partial charge in [0.2, 0.25) is 0 Å². The van der Waals surface area contributed by atoms with Gasteiger partial charge in [0.25, 0.3) is 11.6 Å². The number of rotatable bonds is 4. The highest BCUT2D eigenvalue weighted by Gasteiger charge is 2.29. The zero-order valence-corrected chi connectivity index (χ0v) is 10.8. The van der Waals surface area contributed by atoms with Gasteiger partial charge in [-0.3, -0.25) is 14.9 Å². The molecule has 1 unspecified atom stereocenters. The van der Waals surface area contributed by atoms with Crippen LogP contribution in [-0.2, 0) is 11.8 Å². The van der Waals surface area contributed by atoms with Crippen molar-refractivity contribution in [2.45, 2.75) is 12.1 Å². The van der Waals surface area contributed by atoms with Crippen LogP contribution in [0.15, 0.2) is 12.3 Å². The molecule has 0 radical (unpaired) electrons. The number of hydrogen-bond acceptors (Lipinski definition) is 5. The van der Waals surface area contributed by atoms with Crippen LogP contribution in [0.5, 0.6) is 0 Å². The molecule has 8 nitrogen and oxygen atoms in total. The molecule has 0 aromatic carbocycles. The molecule has 2 atom stereocenters. The van der Waals surface area contributed by atoms with Gasteiger partial charge in [0.1, 0.15) is 5.69 Å². The van der Waals surface area contributed by atoms with Gasteiger partial charge < -0.3 is 19.9 Å². The minimum Gasteiger partial charge on any atom is -0.378 e. The Morgan fingerprint density at radius 2 is 2.37 bits per heavy atom. The van der Waals surface area contributed by atoms with E-state index in [1.54, 1.807) is 14.2 Å². The van der Waals surface area contributed by atoms with E-state index in [2.05, 4.69) is 10.6 Å². The van der Waals surface area contributed by atoms with Gasteiger partial charge in [-0.2, -0.15) is 0 Å². The molecule has 0 bridgehead atoms. The van der Waals surface area contributed by atoms with Crippen LogP contribution in [0.25, 0.3) is 0 Å². The van der Waals surface area contributed by atoms with E-state index in [1.807, 2.05) is 0 Å². The minimum absolute atomic E-state index is 0.0841. The molecule has 8 heteroatoms. The highest BCUT2D eigenvalue weighted by Crippen LogP contribution is 2.15. The molecule has 2 N–H and O–H groups in total. The van der Waals surface area contributed by atoms with Crippen LogP contribution in [0.4, 0.5) is 5.69 Å². The van der Waals surface area contributed by atoms with E-state index in [4.69, 9.17) is 4.74 Å². The van der Waals surface area contributed by atoms with Crippen LogP contribution in [0.1, 0.15) is 10.5 Å². The Kier molecular flexibility index (Phi) is 3.82. The summed E-state index contributed by atoms with van der Waals surface area (Å²) in [6.07, 6.45) is 1.23. The van der Waals surface area contributed by atoms with Crippen molar-refractivity contribution >= 4 is 11.6 Å². The fourth-order valence-electron chi connectivity index (χ4n) is 2.16. The highest BCUT2D eigenvalue weighted by molar-refractivity contribution is 5.93. The Bertz CT molecular complexity index is 499. The fraction of sp³-hybridized carbons (Fsp3) is 0.545. The number of nitrogens with one attached hydrogen (secondary N) is 2. The van der Waals surface area contributed by atoms with Crippen LogP contribution < -0.4 is 10.6 Å². The van der Waals surface area contributed by atoms with Crippen LogP contribution in [-0.4, -0.2) is 47.7 Å². The second-order valence-corrected chi connectivity index (χ2v) is 4.46. The first kappa shape index (κ1) is 13.5. The summed E-state index contributed by atoms with van der Waals surface area (Å²) in [4.78, 5) is 22.2. The standard InChI is InChI=1S/C11H16N4O4/c1-14-6-7(15(17)18)3-9(14)11(16)13-8-4-12-5-10(8)19-2/h3,6,8,10,12H,4-5H2,1-2H3,(H,13,16)/t8?,10-/m0/s1. The maximum Gasteiger partial charge on any atom is 0.287 e. The van der Waals surface area contributed by atoms with Crippen molar-refractivity contribution in [1.29, 1.82) is 0 Å². The smallest absolute Gasteiger partial charge is 0.287 e. The number of aromatic nitrogens is 1. The number of methoxy groups -OCH3 is 1. The van der Waals surface area contributed by atoms with Crippen molar-refractivity contribution in [3.05, 3.63) is 28.1 Å². The zero-order chi connectivity index (χ0) is 14.0. The summed E-state index contributed by atoms with van der Waals surface area (Å²) in [5, 5.41) is 16.6. The normalized spacial score (nSPS) is 22.4. The van der Waals surface area contributed by atoms with Gasteiger partial charge in [-0.25, -0.2) is 0 Å². The molecule has 1 fully saturated rings.